The van der Waals surface area contributed by atoms with Gasteiger partial charge in [0.25, 0.3) is 5.91 Å². The Morgan fingerprint density at radius 2 is 2.12 bits per heavy atom. The third-order valence-corrected chi connectivity index (χ3v) is 4.28. The van der Waals surface area contributed by atoms with E-state index in [1.54, 1.807) is 37.5 Å². The SMILES string of the molecule is CNC(=O)CC[C@]1(OC)CCCN(C(=O)COc2ncccn2)C1. The monoisotopic (exact) mass is 336 g/mol. The van der Waals surface area contributed by atoms with Gasteiger partial charge in [0, 0.05) is 46.1 Å². The van der Waals surface area contributed by atoms with E-state index >= 15 is 0 Å². The van der Waals surface area contributed by atoms with Gasteiger partial charge in [0.1, 0.15) is 0 Å². The summed E-state index contributed by atoms with van der Waals surface area (Å²) in [5.41, 5.74) is -0.482. The summed E-state index contributed by atoms with van der Waals surface area (Å²) in [5, 5.41) is 2.61. The average Bonchev–Trinajstić information content (AvgIpc) is 2.65. The lowest BCUT2D eigenvalue weighted by atomic mass is 9.87. The number of amides is 2. The summed E-state index contributed by atoms with van der Waals surface area (Å²) in [4.78, 5) is 33.5. The van der Waals surface area contributed by atoms with Crippen LogP contribution < -0.4 is 10.1 Å². The number of rotatable bonds is 7. The summed E-state index contributed by atoms with van der Waals surface area (Å²) in [5.74, 6) is -0.164. The summed E-state index contributed by atoms with van der Waals surface area (Å²) in [6.07, 6.45) is 5.73. The van der Waals surface area contributed by atoms with Crippen molar-refractivity contribution < 1.29 is 19.1 Å². The molecule has 2 heterocycles. The van der Waals surface area contributed by atoms with Gasteiger partial charge >= 0.3 is 6.01 Å². The lowest BCUT2D eigenvalue weighted by Gasteiger charge is -2.41. The third-order valence-electron chi connectivity index (χ3n) is 4.28. The molecule has 0 radical (unpaired) electrons. The molecule has 1 atom stereocenters. The lowest BCUT2D eigenvalue weighted by Crippen LogP contribution is -2.52. The van der Waals surface area contributed by atoms with Crippen molar-refractivity contribution in [1.29, 1.82) is 0 Å². The molecular formula is C16H24N4O4. The molecule has 8 nitrogen and oxygen atoms in total. The number of nitrogens with zero attached hydrogens (tertiary/aromatic N) is 3. The zero-order valence-electron chi connectivity index (χ0n) is 14.2. The van der Waals surface area contributed by atoms with Gasteiger partial charge in [-0.1, -0.05) is 0 Å². The van der Waals surface area contributed by atoms with Crippen molar-refractivity contribution in [3.05, 3.63) is 18.5 Å². The summed E-state index contributed by atoms with van der Waals surface area (Å²) in [6, 6.07) is 1.86. The minimum atomic E-state index is -0.482. The van der Waals surface area contributed by atoms with E-state index in [-0.39, 0.29) is 24.4 Å². The molecule has 0 unspecified atom stereocenters. The Labute approximate surface area is 141 Å². The van der Waals surface area contributed by atoms with Crippen molar-refractivity contribution in [1.82, 2.24) is 20.2 Å². The van der Waals surface area contributed by atoms with Crippen LogP contribution in [0.1, 0.15) is 25.7 Å². The van der Waals surface area contributed by atoms with Crippen molar-refractivity contribution in [2.24, 2.45) is 0 Å². The molecule has 1 aromatic heterocycles. The second-order valence-electron chi connectivity index (χ2n) is 5.80. The van der Waals surface area contributed by atoms with Crippen molar-refractivity contribution in [3.8, 4) is 6.01 Å². The minimum Gasteiger partial charge on any atom is -0.453 e. The second kappa shape index (κ2) is 8.58. The lowest BCUT2D eigenvalue weighted by molar-refractivity contribution is -0.143. The maximum atomic E-state index is 12.4. The molecule has 0 aliphatic carbocycles. The first-order chi connectivity index (χ1) is 11.6. The van der Waals surface area contributed by atoms with E-state index in [0.717, 1.165) is 12.8 Å². The van der Waals surface area contributed by atoms with Gasteiger partial charge in [-0.25, -0.2) is 9.97 Å². The first-order valence-electron chi connectivity index (χ1n) is 8.02. The predicted octanol–water partition coefficient (Wildman–Crippen LogP) is 0.389. The molecule has 0 saturated carbocycles. The summed E-state index contributed by atoms with van der Waals surface area (Å²) in [7, 11) is 3.24. The Hall–Kier alpha value is -2.22. The normalized spacial score (nSPS) is 20.5. The number of methoxy groups -OCH3 is 1. The Balaban J connectivity index is 1.90. The Kier molecular flexibility index (Phi) is 6.48. The molecule has 1 aliphatic rings. The number of hydrogen-bond acceptors (Lipinski definition) is 6. The summed E-state index contributed by atoms with van der Waals surface area (Å²) in [6.45, 7) is 1.00. The fraction of sp³-hybridized carbons (Fsp3) is 0.625. The molecule has 132 valence electrons. The van der Waals surface area contributed by atoms with E-state index in [2.05, 4.69) is 15.3 Å². The smallest absolute Gasteiger partial charge is 0.316 e. The molecule has 2 amide bonds. The Morgan fingerprint density at radius 3 is 2.79 bits per heavy atom. The maximum absolute atomic E-state index is 12.4. The molecule has 24 heavy (non-hydrogen) atoms. The number of likely N-dealkylation sites (tertiary alicyclic amines) is 1. The topological polar surface area (TPSA) is 93.7 Å². The first-order valence-corrected chi connectivity index (χ1v) is 8.02. The molecule has 1 saturated heterocycles. The molecule has 1 aliphatic heterocycles. The number of aromatic nitrogens is 2. The number of ether oxygens (including phenoxy) is 2. The standard InChI is InChI=1S/C16H24N4O4/c1-17-13(21)5-7-16(23-2)6-3-10-20(12-16)14(22)11-24-15-18-8-4-9-19-15/h4,8-9H,3,5-7,10-12H2,1-2H3,(H,17,21)/t16-/m1/s1. The maximum Gasteiger partial charge on any atom is 0.316 e. The number of nitrogens with one attached hydrogen (secondary N) is 1. The highest BCUT2D eigenvalue weighted by Crippen LogP contribution is 2.29. The van der Waals surface area contributed by atoms with E-state index in [9.17, 15) is 9.59 Å². The highest BCUT2D eigenvalue weighted by molar-refractivity contribution is 5.78. The molecule has 1 fully saturated rings. The van der Waals surface area contributed by atoms with Crippen LogP contribution in [0.4, 0.5) is 0 Å². The second-order valence-corrected chi connectivity index (χ2v) is 5.80. The van der Waals surface area contributed by atoms with Crippen molar-refractivity contribution in [3.63, 3.8) is 0 Å². The van der Waals surface area contributed by atoms with Crippen LogP contribution in [0.5, 0.6) is 6.01 Å². The van der Waals surface area contributed by atoms with Gasteiger partial charge < -0.3 is 19.7 Å². The molecule has 8 heteroatoms. The first kappa shape index (κ1) is 18.1. The van der Waals surface area contributed by atoms with Crippen molar-refractivity contribution in [2.75, 3.05) is 33.9 Å². The van der Waals surface area contributed by atoms with Crippen LogP contribution in [0, 0.1) is 0 Å². The third kappa shape index (κ3) is 4.89. The van der Waals surface area contributed by atoms with E-state index in [1.165, 1.54) is 0 Å². The molecule has 0 aromatic carbocycles. The molecule has 1 N–H and O–H groups in total. The van der Waals surface area contributed by atoms with Crippen LogP contribution in [0.15, 0.2) is 18.5 Å². The molecule has 2 rings (SSSR count). The van der Waals surface area contributed by atoms with Crippen LogP contribution >= 0.6 is 0 Å². The van der Waals surface area contributed by atoms with E-state index < -0.39 is 5.60 Å². The van der Waals surface area contributed by atoms with Crippen molar-refractivity contribution in [2.45, 2.75) is 31.3 Å². The molecular weight excluding hydrogens is 312 g/mol. The molecule has 0 bridgehead atoms. The van der Waals surface area contributed by atoms with Gasteiger partial charge in [-0.2, -0.15) is 0 Å². The van der Waals surface area contributed by atoms with E-state index in [1.807, 2.05) is 0 Å². The fourth-order valence-electron chi connectivity index (χ4n) is 2.83. The van der Waals surface area contributed by atoms with Crippen molar-refractivity contribution >= 4 is 11.8 Å². The van der Waals surface area contributed by atoms with Gasteiger partial charge in [0.15, 0.2) is 6.61 Å². The Morgan fingerprint density at radius 1 is 1.38 bits per heavy atom. The number of carbonyl (C=O) groups is 2. The zero-order chi connectivity index (χ0) is 17.4. The zero-order valence-corrected chi connectivity index (χ0v) is 14.2. The van der Waals surface area contributed by atoms with E-state index in [0.29, 0.717) is 25.9 Å². The number of hydrogen-bond donors (Lipinski definition) is 1. The molecule has 0 spiro atoms. The van der Waals surface area contributed by atoms with Crippen LogP contribution in [0.25, 0.3) is 0 Å². The van der Waals surface area contributed by atoms with Gasteiger partial charge in [0.05, 0.1) is 5.60 Å². The minimum absolute atomic E-state index is 0.0283. The van der Waals surface area contributed by atoms with Gasteiger partial charge in [-0.3, -0.25) is 9.59 Å². The Bertz CT molecular complexity index is 554. The molecule has 1 aromatic rings. The average molecular weight is 336 g/mol. The highest BCUT2D eigenvalue weighted by atomic mass is 16.5. The number of piperidine rings is 1. The fourth-order valence-corrected chi connectivity index (χ4v) is 2.83. The van der Waals surface area contributed by atoms with Crippen LogP contribution in [0.3, 0.4) is 0 Å². The van der Waals surface area contributed by atoms with Gasteiger partial charge in [-0.15, -0.1) is 0 Å². The number of carbonyl (C=O) groups excluding carboxylic acids is 2. The summed E-state index contributed by atoms with van der Waals surface area (Å²) >= 11 is 0. The van der Waals surface area contributed by atoms with Crippen LogP contribution in [-0.4, -0.2) is 66.1 Å². The summed E-state index contributed by atoms with van der Waals surface area (Å²) < 4.78 is 11.0. The van der Waals surface area contributed by atoms with E-state index in [4.69, 9.17) is 9.47 Å². The van der Waals surface area contributed by atoms with Crippen LogP contribution in [0.2, 0.25) is 0 Å². The van der Waals surface area contributed by atoms with Gasteiger partial charge in [-0.05, 0) is 25.3 Å². The van der Waals surface area contributed by atoms with Crippen LogP contribution in [-0.2, 0) is 14.3 Å². The predicted molar refractivity (Wildman–Crippen MR) is 86.4 cm³/mol. The van der Waals surface area contributed by atoms with Gasteiger partial charge in [0.2, 0.25) is 5.91 Å². The quantitative estimate of drug-likeness (QED) is 0.774. The largest absolute Gasteiger partial charge is 0.453 e. The highest BCUT2D eigenvalue weighted by Gasteiger charge is 2.37.